The molecule has 7 heteroatoms. The largest absolute Gasteiger partial charge is 0.443 e. The van der Waals surface area contributed by atoms with Gasteiger partial charge in [-0.1, -0.05) is 72.8 Å². The number of amides is 1. The van der Waals surface area contributed by atoms with Crippen LogP contribution in [0.25, 0.3) is 11.0 Å². The third kappa shape index (κ3) is 4.31. The van der Waals surface area contributed by atoms with Gasteiger partial charge in [0.2, 0.25) is 0 Å². The standard InChI is InChI=1S/C29H30N4O3/c34-28-30-25-13-7-8-14-26(25)33(28)23-15-17-31(18-16-23)29(35)36-24-19-32(20-24)27(21-9-3-1-4-10-21)22-11-5-2-6-12-22/h1-14,23-24,27H,15-20H2,(H,30,34). The van der Waals surface area contributed by atoms with E-state index in [4.69, 9.17) is 4.74 Å². The number of nitrogens with zero attached hydrogens (tertiary/aromatic N) is 3. The lowest BCUT2D eigenvalue weighted by atomic mass is 9.94. The minimum atomic E-state index is -0.250. The molecule has 2 aliphatic rings. The summed E-state index contributed by atoms with van der Waals surface area (Å²) in [6.45, 7) is 2.59. The smallest absolute Gasteiger partial charge is 0.410 e. The third-order valence-electron chi connectivity index (χ3n) is 7.45. The first kappa shape index (κ1) is 22.6. The Morgan fingerprint density at radius 2 is 1.42 bits per heavy atom. The number of piperidine rings is 1. The number of likely N-dealkylation sites (tertiary alicyclic amines) is 2. The van der Waals surface area contributed by atoms with E-state index in [-0.39, 0.29) is 30.0 Å². The summed E-state index contributed by atoms with van der Waals surface area (Å²) >= 11 is 0. The number of H-pyrrole nitrogens is 1. The summed E-state index contributed by atoms with van der Waals surface area (Å²) in [5.41, 5.74) is 4.16. The van der Waals surface area contributed by atoms with Crippen molar-refractivity contribution < 1.29 is 9.53 Å². The van der Waals surface area contributed by atoms with E-state index in [0.717, 1.165) is 23.9 Å². The van der Waals surface area contributed by atoms with Crippen LogP contribution in [0.1, 0.15) is 36.1 Å². The lowest BCUT2D eigenvalue weighted by Gasteiger charge is -2.44. The SMILES string of the molecule is O=C(OC1CN(C(c2ccccc2)c2ccccc2)C1)N1CCC(n2c(=O)[nH]c3ccccc32)CC1. The van der Waals surface area contributed by atoms with E-state index < -0.39 is 0 Å². The van der Waals surface area contributed by atoms with E-state index >= 15 is 0 Å². The predicted molar refractivity (Wildman–Crippen MR) is 139 cm³/mol. The summed E-state index contributed by atoms with van der Waals surface area (Å²) in [6.07, 6.45) is 1.11. The van der Waals surface area contributed by atoms with Gasteiger partial charge in [0.05, 0.1) is 17.1 Å². The molecule has 6 rings (SSSR count). The molecule has 0 aliphatic carbocycles. The van der Waals surface area contributed by atoms with Gasteiger partial charge in [0.1, 0.15) is 6.10 Å². The molecular weight excluding hydrogens is 452 g/mol. The number of benzene rings is 3. The van der Waals surface area contributed by atoms with E-state index in [2.05, 4.69) is 58.4 Å². The fourth-order valence-corrected chi connectivity index (χ4v) is 5.60. The number of ether oxygens (including phenoxy) is 1. The van der Waals surface area contributed by atoms with Gasteiger partial charge < -0.3 is 14.6 Å². The fraction of sp³-hybridized carbons (Fsp3) is 0.310. The molecule has 36 heavy (non-hydrogen) atoms. The highest BCUT2D eigenvalue weighted by Crippen LogP contribution is 2.33. The number of fused-ring (bicyclic) bond motifs is 1. The maximum Gasteiger partial charge on any atom is 0.410 e. The van der Waals surface area contributed by atoms with Crippen LogP contribution in [0.15, 0.2) is 89.7 Å². The molecule has 4 aromatic rings. The van der Waals surface area contributed by atoms with Gasteiger partial charge in [0.15, 0.2) is 0 Å². The number of rotatable bonds is 5. The molecule has 0 radical (unpaired) electrons. The summed E-state index contributed by atoms with van der Waals surface area (Å²) in [6, 6.07) is 28.9. The number of imidazole rings is 1. The molecule has 0 bridgehead atoms. The van der Waals surface area contributed by atoms with Crippen LogP contribution in [-0.4, -0.2) is 57.7 Å². The van der Waals surface area contributed by atoms with Crippen LogP contribution in [0.2, 0.25) is 0 Å². The number of aromatic amines is 1. The Morgan fingerprint density at radius 3 is 2.06 bits per heavy atom. The minimum Gasteiger partial charge on any atom is -0.443 e. The molecular formula is C29H30N4O3. The Bertz CT molecular complexity index is 1340. The van der Waals surface area contributed by atoms with Crippen molar-refractivity contribution in [3.63, 3.8) is 0 Å². The Morgan fingerprint density at radius 1 is 0.833 bits per heavy atom. The molecule has 1 amide bonds. The molecule has 1 N–H and O–H groups in total. The first-order valence-electron chi connectivity index (χ1n) is 12.7. The number of nitrogens with one attached hydrogen (secondary N) is 1. The predicted octanol–water partition coefficient (Wildman–Crippen LogP) is 4.58. The number of carbonyl (C=O) groups is 1. The fourth-order valence-electron chi connectivity index (χ4n) is 5.60. The zero-order valence-electron chi connectivity index (χ0n) is 20.1. The summed E-state index contributed by atoms with van der Waals surface area (Å²) in [7, 11) is 0. The monoisotopic (exact) mass is 482 g/mol. The highest BCUT2D eigenvalue weighted by molar-refractivity contribution is 5.75. The molecule has 3 heterocycles. The Balaban J connectivity index is 1.06. The summed E-state index contributed by atoms with van der Waals surface area (Å²) in [4.78, 5) is 32.5. The number of carbonyl (C=O) groups excluding carboxylic acids is 1. The molecule has 2 fully saturated rings. The lowest BCUT2D eigenvalue weighted by molar-refractivity contribution is -0.0415. The number of hydrogen-bond donors (Lipinski definition) is 1. The van der Waals surface area contributed by atoms with Crippen molar-refractivity contribution in [1.29, 1.82) is 0 Å². The van der Waals surface area contributed by atoms with E-state index in [1.165, 1.54) is 11.1 Å². The van der Waals surface area contributed by atoms with Crippen LogP contribution in [0.4, 0.5) is 4.79 Å². The zero-order chi connectivity index (χ0) is 24.5. The van der Waals surface area contributed by atoms with Gasteiger partial charge in [-0.05, 0) is 36.1 Å². The maximum atomic E-state index is 12.9. The van der Waals surface area contributed by atoms with Crippen molar-refractivity contribution in [3.05, 3.63) is 107 Å². The maximum absolute atomic E-state index is 12.9. The normalized spacial score (nSPS) is 17.4. The van der Waals surface area contributed by atoms with E-state index in [1.54, 1.807) is 4.90 Å². The van der Waals surface area contributed by atoms with Crippen molar-refractivity contribution in [2.45, 2.75) is 31.0 Å². The van der Waals surface area contributed by atoms with Gasteiger partial charge >= 0.3 is 11.8 Å². The molecule has 7 nitrogen and oxygen atoms in total. The zero-order valence-corrected chi connectivity index (χ0v) is 20.1. The van der Waals surface area contributed by atoms with Gasteiger partial charge in [0, 0.05) is 32.2 Å². The Labute approximate surface area is 209 Å². The second-order valence-corrected chi connectivity index (χ2v) is 9.72. The van der Waals surface area contributed by atoms with Gasteiger partial charge in [0.25, 0.3) is 0 Å². The molecule has 0 atom stereocenters. The Hall–Kier alpha value is -3.84. The van der Waals surface area contributed by atoms with Gasteiger partial charge in [-0.3, -0.25) is 9.47 Å². The van der Waals surface area contributed by atoms with Gasteiger partial charge in [-0.15, -0.1) is 0 Å². The average Bonchev–Trinajstić information content (AvgIpc) is 3.24. The lowest BCUT2D eigenvalue weighted by Crippen LogP contribution is -2.55. The highest BCUT2D eigenvalue weighted by Gasteiger charge is 2.37. The Kier molecular flexibility index (Phi) is 6.07. The van der Waals surface area contributed by atoms with Gasteiger partial charge in [-0.25, -0.2) is 9.59 Å². The molecule has 2 saturated heterocycles. The van der Waals surface area contributed by atoms with Crippen LogP contribution in [0.5, 0.6) is 0 Å². The second-order valence-electron chi connectivity index (χ2n) is 9.72. The quantitative estimate of drug-likeness (QED) is 0.452. The molecule has 184 valence electrons. The van der Waals surface area contributed by atoms with E-state index in [0.29, 0.717) is 26.2 Å². The summed E-state index contributed by atoms with van der Waals surface area (Å²) in [5, 5.41) is 0. The second kappa shape index (κ2) is 9.66. The van der Waals surface area contributed by atoms with Crippen LogP contribution >= 0.6 is 0 Å². The van der Waals surface area contributed by atoms with Crippen molar-refractivity contribution in [1.82, 2.24) is 19.4 Å². The van der Waals surface area contributed by atoms with Crippen molar-refractivity contribution >= 4 is 17.1 Å². The van der Waals surface area contributed by atoms with E-state index in [9.17, 15) is 9.59 Å². The average molecular weight is 483 g/mol. The highest BCUT2D eigenvalue weighted by atomic mass is 16.6. The van der Waals surface area contributed by atoms with Crippen LogP contribution < -0.4 is 5.69 Å². The molecule has 0 spiro atoms. The molecule has 3 aromatic carbocycles. The molecule has 0 saturated carbocycles. The molecule has 1 aromatic heterocycles. The third-order valence-corrected chi connectivity index (χ3v) is 7.45. The van der Waals surface area contributed by atoms with Crippen molar-refractivity contribution in [2.75, 3.05) is 26.2 Å². The van der Waals surface area contributed by atoms with Crippen LogP contribution in [0, 0.1) is 0 Å². The van der Waals surface area contributed by atoms with E-state index in [1.807, 2.05) is 41.0 Å². The van der Waals surface area contributed by atoms with Crippen LogP contribution in [0.3, 0.4) is 0 Å². The molecule has 0 unspecified atom stereocenters. The first-order valence-corrected chi connectivity index (χ1v) is 12.7. The van der Waals surface area contributed by atoms with Gasteiger partial charge in [-0.2, -0.15) is 0 Å². The molecule has 2 aliphatic heterocycles. The van der Waals surface area contributed by atoms with Crippen LogP contribution in [-0.2, 0) is 4.74 Å². The topological polar surface area (TPSA) is 70.6 Å². The number of aromatic nitrogens is 2. The van der Waals surface area contributed by atoms with Crippen molar-refractivity contribution in [3.8, 4) is 0 Å². The summed E-state index contributed by atoms with van der Waals surface area (Å²) < 4.78 is 7.71. The number of hydrogen-bond acceptors (Lipinski definition) is 4. The first-order chi connectivity index (χ1) is 17.7. The summed E-state index contributed by atoms with van der Waals surface area (Å²) in [5.74, 6) is 0. The van der Waals surface area contributed by atoms with Crippen molar-refractivity contribution in [2.24, 2.45) is 0 Å². The minimum absolute atomic E-state index is 0.0781. The number of para-hydroxylation sites is 2.